The number of hydrogen-bond acceptors (Lipinski definition) is 4. The van der Waals surface area contributed by atoms with Crippen molar-refractivity contribution < 1.29 is 23.1 Å². The molecule has 1 saturated heterocycles. The third kappa shape index (κ3) is 4.96. The summed E-state index contributed by atoms with van der Waals surface area (Å²) in [6.07, 6.45) is 2.93. The van der Waals surface area contributed by atoms with E-state index in [-0.39, 0.29) is 18.4 Å². The molecule has 2 N–H and O–H groups in total. The van der Waals surface area contributed by atoms with Crippen molar-refractivity contribution in [2.75, 3.05) is 19.3 Å². The van der Waals surface area contributed by atoms with Crippen LogP contribution in [0.1, 0.15) is 33.1 Å². The molecule has 0 aliphatic carbocycles. The Morgan fingerprint density at radius 3 is 2.52 bits per heavy atom. The van der Waals surface area contributed by atoms with Gasteiger partial charge in [0.2, 0.25) is 15.9 Å². The number of amides is 1. The van der Waals surface area contributed by atoms with E-state index in [0.717, 1.165) is 6.26 Å². The maximum atomic E-state index is 12.2. The van der Waals surface area contributed by atoms with Gasteiger partial charge in [0.25, 0.3) is 0 Å². The molecule has 1 aliphatic rings. The van der Waals surface area contributed by atoms with Crippen LogP contribution in [0.2, 0.25) is 0 Å². The SMILES string of the molecule is CC[C@H](C)[C@H](NC(=O)C1CCCN(S(C)(=O)=O)C1)C(=O)O. The average Bonchev–Trinajstić information content (AvgIpc) is 2.42. The molecular formula is C13H24N2O5S. The van der Waals surface area contributed by atoms with Crippen LogP contribution in [0.3, 0.4) is 0 Å². The van der Waals surface area contributed by atoms with E-state index in [4.69, 9.17) is 0 Å². The molecular weight excluding hydrogens is 296 g/mol. The molecule has 0 spiro atoms. The molecule has 0 saturated carbocycles. The Morgan fingerprint density at radius 2 is 2.05 bits per heavy atom. The van der Waals surface area contributed by atoms with E-state index in [9.17, 15) is 23.1 Å². The predicted octanol–water partition coefficient (Wildman–Crippen LogP) is 0.274. The zero-order chi connectivity index (χ0) is 16.2. The van der Waals surface area contributed by atoms with Gasteiger partial charge in [-0.2, -0.15) is 0 Å². The Hall–Kier alpha value is -1.15. The molecule has 1 unspecified atom stereocenters. The lowest BCUT2D eigenvalue weighted by molar-refractivity contribution is -0.144. The highest BCUT2D eigenvalue weighted by molar-refractivity contribution is 7.88. The van der Waals surface area contributed by atoms with Crippen LogP contribution in [-0.2, 0) is 19.6 Å². The minimum absolute atomic E-state index is 0.123. The zero-order valence-corrected chi connectivity index (χ0v) is 13.5. The van der Waals surface area contributed by atoms with Crippen LogP contribution in [0.5, 0.6) is 0 Å². The Bertz CT molecular complexity index is 491. The highest BCUT2D eigenvalue weighted by Crippen LogP contribution is 2.19. The fourth-order valence-corrected chi connectivity index (χ4v) is 3.32. The summed E-state index contributed by atoms with van der Waals surface area (Å²) in [7, 11) is -3.32. The second-order valence-electron chi connectivity index (χ2n) is 5.67. The van der Waals surface area contributed by atoms with Crippen LogP contribution in [0, 0.1) is 11.8 Å². The summed E-state index contributed by atoms with van der Waals surface area (Å²) in [6, 6.07) is -0.934. The molecule has 3 atom stereocenters. The van der Waals surface area contributed by atoms with Crippen molar-refractivity contribution in [3.63, 3.8) is 0 Å². The van der Waals surface area contributed by atoms with Crippen LogP contribution in [-0.4, -0.2) is 55.1 Å². The van der Waals surface area contributed by atoms with Crippen molar-refractivity contribution in [3.05, 3.63) is 0 Å². The minimum atomic E-state index is -3.32. The third-order valence-corrected chi connectivity index (χ3v) is 5.27. The highest BCUT2D eigenvalue weighted by atomic mass is 32.2. The van der Waals surface area contributed by atoms with Gasteiger partial charge in [0.15, 0.2) is 0 Å². The van der Waals surface area contributed by atoms with Gasteiger partial charge < -0.3 is 10.4 Å². The lowest BCUT2D eigenvalue weighted by Gasteiger charge is -2.31. The topological polar surface area (TPSA) is 104 Å². The molecule has 0 radical (unpaired) electrons. The molecule has 122 valence electrons. The molecule has 1 amide bonds. The molecule has 1 rings (SSSR count). The number of rotatable bonds is 6. The average molecular weight is 320 g/mol. The molecule has 0 aromatic heterocycles. The standard InChI is InChI=1S/C13H24N2O5S/c1-4-9(2)11(13(17)18)14-12(16)10-6-5-7-15(8-10)21(3,19)20/h9-11H,4-8H2,1-3H3,(H,14,16)(H,17,18)/t9-,10?,11-/m0/s1. The minimum Gasteiger partial charge on any atom is -0.480 e. The molecule has 0 aromatic rings. The summed E-state index contributed by atoms with van der Waals surface area (Å²) in [5, 5.41) is 11.7. The number of carbonyl (C=O) groups is 2. The van der Waals surface area contributed by atoms with Gasteiger partial charge >= 0.3 is 5.97 Å². The fourth-order valence-electron chi connectivity index (χ4n) is 2.41. The molecule has 0 bridgehead atoms. The summed E-state index contributed by atoms with van der Waals surface area (Å²) in [4.78, 5) is 23.4. The van der Waals surface area contributed by atoms with E-state index in [2.05, 4.69) is 5.32 Å². The highest BCUT2D eigenvalue weighted by Gasteiger charge is 2.33. The van der Waals surface area contributed by atoms with E-state index < -0.39 is 28.0 Å². The number of sulfonamides is 1. The number of nitrogens with zero attached hydrogens (tertiary/aromatic N) is 1. The maximum Gasteiger partial charge on any atom is 0.326 e. The van der Waals surface area contributed by atoms with Crippen molar-refractivity contribution in [1.29, 1.82) is 0 Å². The summed E-state index contributed by atoms with van der Waals surface area (Å²) < 4.78 is 24.4. The van der Waals surface area contributed by atoms with E-state index >= 15 is 0 Å². The van der Waals surface area contributed by atoms with E-state index in [1.807, 2.05) is 6.92 Å². The number of carboxylic acid groups (broad SMARTS) is 1. The first-order valence-electron chi connectivity index (χ1n) is 7.15. The first-order valence-corrected chi connectivity index (χ1v) is 9.00. The van der Waals surface area contributed by atoms with Gasteiger partial charge in [-0.15, -0.1) is 0 Å². The Kier molecular flexibility index (Phi) is 6.15. The predicted molar refractivity (Wildman–Crippen MR) is 78.2 cm³/mol. The van der Waals surface area contributed by atoms with Crippen LogP contribution in [0.4, 0.5) is 0 Å². The normalized spacial score (nSPS) is 23.3. The van der Waals surface area contributed by atoms with Crippen molar-refractivity contribution in [1.82, 2.24) is 9.62 Å². The van der Waals surface area contributed by atoms with Crippen LogP contribution < -0.4 is 5.32 Å². The molecule has 21 heavy (non-hydrogen) atoms. The van der Waals surface area contributed by atoms with Crippen molar-refractivity contribution >= 4 is 21.9 Å². The van der Waals surface area contributed by atoms with Gasteiger partial charge in [-0.1, -0.05) is 20.3 Å². The van der Waals surface area contributed by atoms with Gasteiger partial charge in [0.1, 0.15) is 6.04 Å². The molecule has 1 aliphatic heterocycles. The number of carboxylic acids is 1. The zero-order valence-electron chi connectivity index (χ0n) is 12.7. The molecule has 1 heterocycles. The Balaban J connectivity index is 2.72. The summed E-state index contributed by atoms with van der Waals surface area (Å²) in [5.74, 6) is -2.11. The largest absolute Gasteiger partial charge is 0.480 e. The van der Waals surface area contributed by atoms with Crippen LogP contribution >= 0.6 is 0 Å². The number of piperidine rings is 1. The quantitative estimate of drug-likeness (QED) is 0.731. The van der Waals surface area contributed by atoms with Gasteiger partial charge in [-0.05, 0) is 18.8 Å². The van der Waals surface area contributed by atoms with E-state index in [1.54, 1.807) is 6.92 Å². The number of carbonyl (C=O) groups excluding carboxylic acids is 1. The van der Waals surface area contributed by atoms with Gasteiger partial charge in [0.05, 0.1) is 12.2 Å². The molecule has 7 nitrogen and oxygen atoms in total. The lowest BCUT2D eigenvalue weighted by Crippen LogP contribution is -2.51. The monoisotopic (exact) mass is 320 g/mol. The van der Waals surface area contributed by atoms with E-state index in [0.29, 0.717) is 25.8 Å². The summed E-state index contributed by atoms with van der Waals surface area (Å²) >= 11 is 0. The van der Waals surface area contributed by atoms with Gasteiger partial charge in [-0.3, -0.25) is 4.79 Å². The molecule has 0 aromatic carbocycles. The summed E-state index contributed by atoms with van der Waals surface area (Å²) in [5.41, 5.74) is 0. The smallest absolute Gasteiger partial charge is 0.326 e. The van der Waals surface area contributed by atoms with Crippen molar-refractivity contribution in [2.24, 2.45) is 11.8 Å². The van der Waals surface area contributed by atoms with Crippen LogP contribution in [0.25, 0.3) is 0 Å². The van der Waals surface area contributed by atoms with Crippen molar-refractivity contribution in [2.45, 2.75) is 39.2 Å². The fraction of sp³-hybridized carbons (Fsp3) is 0.846. The van der Waals surface area contributed by atoms with Gasteiger partial charge in [-0.25, -0.2) is 17.5 Å². The molecule has 1 fully saturated rings. The molecule has 8 heteroatoms. The number of nitrogens with one attached hydrogen (secondary N) is 1. The third-order valence-electron chi connectivity index (χ3n) is 4.00. The number of aliphatic carboxylic acids is 1. The number of hydrogen-bond donors (Lipinski definition) is 2. The van der Waals surface area contributed by atoms with Crippen LogP contribution in [0.15, 0.2) is 0 Å². The Morgan fingerprint density at radius 1 is 1.43 bits per heavy atom. The second kappa shape index (κ2) is 7.22. The van der Waals surface area contributed by atoms with Crippen molar-refractivity contribution in [3.8, 4) is 0 Å². The Labute approximate surface area is 125 Å². The van der Waals surface area contributed by atoms with Gasteiger partial charge in [0, 0.05) is 13.1 Å². The lowest BCUT2D eigenvalue weighted by atomic mass is 9.95. The first-order chi connectivity index (χ1) is 9.66. The van der Waals surface area contributed by atoms with E-state index in [1.165, 1.54) is 4.31 Å². The summed E-state index contributed by atoms with van der Waals surface area (Å²) in [6.45, 7) is 4.16. The maximum absolute atomic E-state index is 12.2. The first kappa shape index (κ1) is 17.9. The second-order valence-corrected chi connectivity index (χ2v) is 7.65.